The zero-order valence-corrected chi connectivity index (χ0v) is 22.5. The first-order valence-electron chi connectivity index (χ1n) is 13.1. The fraction of sp³-hybridized carbons (Fsp3) is 0.290. The molecule has 1 aliphatic heterocycles. The summed E-state index contributed by atoms with van der Waals surface area (Å²) < 4.78 is 47.4. The number of nitrogens with one attached hydrogen (secondary N) is 2. The van der Waals surface area contributed by atoms with Crippen LogP contribution >= 0.6 is 0 Å². The topological polar surface area (TPSA) is 69.7 Å². The average Bonchev–Trinajstić information content (AvgIpc) is 3.41. The van der Waals surface area contributed by atoms with Crippen molar-refractivity contribution in [1.82, 2.24) is 15.2 Å². The van der Waals surface area contributed by atoms with Crippen molar-refractivity contribution in [2.45, 2.75) is 19.0 Å². The number of carbonyl (C=O) groups excluding carboxylic acids is 1. The highest BCUT2D eigenvalue weighted by molar-refractivity contribution is 6.00. The number of likely N-dealkylation sites (N-methyl/N-ethyl adjacent to an activating group) is 1. The maximum atomic E-state index is 13.9. The number of halogens is 3. The Morgan fingerprint density at radius 2 is 1.95 bits per heavy atom. The van der Waals surface area contributed by atoms with Gasteiger partial charge in [-0.05, 0) is 58.4 Å². The number of rotatable bonds is 11. The summed E-state index contributed by atoms with van der Waals surface area (Å²) in [6.45, 7) is 1.43. The van der Waals surface area contributed by atoms with Crippen LogP contribution in [0, 0.1) is 5.92 Å². The lowest BCUT2D eigenvalue weighted by molar-refractivity contribution is -0.124. The molecule has 3 aromatic rings. The number of amides is 1. The molecule has 0 fully saturated rings. The Morgan fingerprint density at radius 3 is 2.65 bits per heavy atom. The number of aliphatic imine (C=N–C) groups is 1. The lowest BCUT2D eigenvalue weighted by Gasteiger charge is -2.25. The van der Waals surface area contributed by atoms with Crippen molar-refractivity contribution < 1.29 is 22.7 Å². The van der Waals surface area contributed by atoms with Gasteiger partial charge in [0.15, 0.2) is 0 Å². The van der Waals surface area contributed by atoms with Gasteiger partial charge in [-0.25, -0.2) is 4.99 Å². The third-order valence-corrected chi connectivity index (χ3v) is 6.48. The molecule has 4 rings (SSSR count). The number of aromatic nitrogens is 1. The Bertz CT molecular complexity index is 1420. The molecule has 2 N–H and O–H groups in total. The number of carbonyl (C=O) groups is 1. The molecule has 2 aromatic carbocycles. The van der Waals surface area contributed by atoms with Crippen molar-refractivity contribution in [1.29, 1.82) is 0 Å². The number of hydrogen-bond donors (Lipinski definition) is 2. The molecule has 210 valence electrons. The van der Waals surface area contributed by atoms with E-state index in [-0.39, 0.29) is 17.4 Å². The third kappa shape index (κ3) is 7.95. The number of aromatic amines is 1. The standard InChI is InChI=1S/C31H33F3N4O2/c1-38(2)29(39)9-6-15-35-17-18-40-28-13-11-25(21-37-28)30(24-10-12-27-23(19-24)14-16-36-27)26(20-31(32,33)34)22-7-4-3-5-8-22/h3-10,12-14,16,19,21,25,35-36H,11,15,17-18,20H2,1-2H3/b9-6+,30-26-/t25-/m0/s1. The first kappa shape index (κ1) is 28.9. The van der Waals surface area contributed by atoms with Crippen molar-refractivity contribution >= 4 is 34.2 Å². The fourth-order valence-corrected chi connectivity index (χ4v) is 4.54. The van der Waals surface area contributed by atoms with Crippen LogP contribution in [-0.4, -0.2) is 62.0 Å². The van der Waals surface area contributed by atoms with Crippen LogP contribution < -0.4 is 5.32 Å². The van der Waals surface area contributed by atoms with Crippen LogP contribution in [0.25, 0.3) is 22.0 Å². The lowest BCUT2D eigenvalue weighted by Crippen LogP contribution is -2.22. The van der Waals surface area contributed by atoms with E-state index in [1.165, 1.54) is 11.0 Å². The molecule has 1 atom stereocenters. The average molecular weight is 551 g/mol. The van der Waals surface area contributed by atoms with Crippen molar-refractivity contribution in [3.05, 3.63) is 96.0 Å². The Labute approximate surface area is 231 Å². The Kier molecular flexibility index (Phi) is 9.60. The van der Waals surface area contributed by atoms with Crippen molar-refractivity contribution in [2.24, 2.45) is 10.9 Å². The quantitative estimate of drug-likeness (QED) is 0.169. The van der Waals surface area contributed by atoms with Crippen molar-refractivity contribution in [2.75, 3.05) is 33.8 Å². The van der Waals surface area contributed by atoms with Crippen LogP contribution in [0.5, 0.6) is 0 Å². The predicted molar refractivity (Wildman–Crippen MR) is 154 cm³/mol. The number of allylic oxidation sites excluding steroid dienone is 3. The Morgan fingerprint density at radius 1 is 1.15 bits per heavy atom. The molecule has 0 spiro atoms. The smallest absolute Gasteiger partial charge is 0.393 e. The van der Waals surface area contributed by atoms with Gasteiger partial charge in [-0.2, -0.15) is 13.2 Å². The molecule has 0 saturated carbocycles. The van der Waals surface area contributed by atoms with E-state index in [2.05, 4.69) is 15.3 Å². The number of ether oxygens (including phenoxy) is 1. The van der Waals surface area contributed by atoms with Gasteiger partial charge in [0.05, 0.1) is 6.42 Å². The summed E-state index contributed by atoms with van der Waals surface area (Å²) >= 11 is 0. The highest BCUT2D eigenvalue weighted by Gasteiger charge is 2.33. The summed E-state index contributed by atoms with van der Waals surface area (Å²) in [5, 5.41) is 4.08. The van der Waals surface area contributed by atoms with Crippen LogP contribution in [0.2, 0.25) is 0 Å². The molecular formula is C31H33F3N4O2. The number of nitrogens with zero attached hydrogens (tertiary/aromatic N) is 2. The maximum absolute atomic E-state index is 13.9. The normalized spacial score (nSPS) is 16.2. The van der Waals surface area contributed by atoms with Gasteiger partial charge in [0, 0.05) is 57.1 Å². The minimum Gasteiger partial charge on any atom is -0.477 e. The highest BCUT2D eigenvalue weighted by Crippen LogP contribution is 2.41. The summed E-state index contributed by atoms with van der Waals surface area (Å²) in [5.74, 6) is -0.00547. The first-order chi connectivity index (χ1) is 19.2. The minimum absolute atomic E-state index is 0.0820. The number of fused-ring (bicyclic) bond motifs is 1. The molecule has 1 aliphatic rings. The van der Waals surface area contributed by atoms with E-state index >= 15 is 0 Å². The van der Waals surface area contributed by atoms with Crippen LogP contribution in [0.1, 0.15) is 24.0 Å². The third-order valence-electron chi connectivity index (χ3n) is 6.48. The van der Waals surface area contributed by atoms with Crippen LogP contribution in [0.4, 0.5) is 13.2 Å². The zero-order chi connectivity index (χ0) is 28.5. The number of H-pyrrole nitrogens is 1. The van der Waals surface area contributed by atoms with E-state index in [1.54, 1.807) is 56.7 Å². The monoisotopic (exact) mass is 550 g/mol. The van der Waals surface area contributed by atoms with Gasteiger partial charge in [-0.15, -0.1) is 0 Å². The lowest BCUT2D eigenvalue weighted by atomic mass is 9.82. The van der Waals surface area contributed by atoms with E-state index in [0.717, 1.165) is 16.5 Å². The molecule has 9 heteroatoms. The molecule has 2 heterocycles. The molecule has 1 amide bonds. The molecule has 0 unspecified atom stereocenters. The minimum atomic E-state index is -4.38. The SMILES string of the molecule is CN(C)C(=O)/C=C/CNCCOC1=CC[C@H](/C(=C(/CC(F)(F)F)c2ccccc2)c2ccc3[nH]ccc3c2)C=N1. The van der Waals surface area contributed by atoms with Gasteiger partial charge in [0.2, 0.25) is 11.8 Å². The second-order valence-electron chi connectivity index (χ2n) is 9.68. The highest BCUT2D eigenvalue weighted by atomic mass is 19.4. The summed E-state index contributed by atoms with van der Waals surface area (Å²) in [4.78, 5) is 20.6. The molecule has 0 bridgehead atoms. The van der Waals surface area contributed by atoms with Crippen LogP contribution in [0.3, 0.4) is 0 Å². The molecule has 0 aliphatic carbocycles. The summed E-state index contributed by atoms with van der Waals surface area (Å²) in [6.07, 6.45) is 3.60. The van der Waals surface area contributed by atoms with Crippen LogP contribution in [0.15, 0.2) is 89.9 Å². The molecular weight excluding hydrogens is 517 g/mol. The number of benzene rings is 2. The van der Waals surface area contributed by atoms with E-state index in [0.29, 0.717) is 43.1 Å². The van der Waals surface area contributed by atoms with Gasteiger partial charge < -0.3 is 19.9 Å². The molecule has 40 heavy (non-hydrogen) atoms. The molecule has 6 nitrogen and oxygen atoms in total. The first-order valence-corrected chi connectivity index (χ1v) is 13.1. The van der Waals surface area contributed by atoms with Gasteiger partial charge in [-0.3, -0.25) is 4.79 Å². The van der Waals surface area contributed by atoms with E-state index in [4.69, 9.17) is 4.74 Å². The zero-order valence-electron chi connectivity index (χ0n) is 22.5. The predicted octanol–water partition coefficient (Wildman–Crippen LogP) is 6.21. The number of hydrogen-bond acceptors (Lipinski definition) is 4. The molecule has 0 radical (unpaired) electrons. The van der Waals surface area contributed by atoms with Crippen molar-refractivity contribution in [3.8, 4) is 0 Å². The van der Waals surface area contributed by atoms with Crippen LogP contribution in [-0.2, 0) is 9.53 Å². The Balaban J connectivity index is 1.52. The maximum Gasteiger partial charge on any atom is 0.393 e. The van der Waals surface area contributed by atoms with Crippen molar-refractivity contribution in [3.63, 3.8) is 0 Å². The molecule has 0 saturated heterocycles. The second-order valence-corrected chi connectivity index (χ2v) is 9.68. The van der Waals surface area contributed by atoms with E-state index in [1.807, 2.05) is 36.5 Å². The van der Waals surface area contributed by atoms with E-state index in [9.17, 15) is 18.0 Å². The van der Waals surface area contributed by atoms with Gasteiger partial charge in [-0.1, -0.05) is 42.5 Å². The number of alkyl halides is 3. The fourth-order valence-electron chi connectivity index (χ4n) is 4.54. The van der Waals surface area contributed by atoms with Gasteiger partial charge >= 0.3 is 6.18 Å². The van der Waals surface area contributed by atoms with Gasteiger partial charge in [0.1, 0.15) is 6.61 Å². The van der Waals surface area contributed by atoms with Gasteiger partial charge in [0.25, 0.3) is 0 Å². The van der Waals surface area contributed by atoms with E-state index < -0.39 is 12.6 Å². The summed E-state index contributed by atoms with van der Waals surface area (Å²) in [6, 6.07) is 16.3. The summed E-state index contributed by atoms with van der Waals surface area (Å²) in [5.41, 5.74) is 3.03. The summed E-state index contributed by atoms with van der Waals surface area (Å²) in [7, 11) is 3.38. The largest absolute Gasteiger partial charge is 0.477 e. The second kappa shape index (κ2) is 13.3. The Hall–Kier alpha value is -4.11. The molecule has 1 aromatic heterocycles.